The highest BCUT2D eigenvalue weighted by Crippen LogP contribution is 2.28. The van der Waals surface area contributed by atoms with E-state index >= 15 is 0 Å². The molecule has 0 bridgehead atoms. The summed E-state index contributed by atoms with van der Waals surface area (Å²) in [7, 11) is 0. The van der Waals surface area contributed by atoms with Gasteiger partial charge in [0.15, 0.2) is 11.6 Å². The van der Waals surface area contributed by atoms with Gasteiger partial charge in [0.05, 0.1) is 5.69 Å². The SMILES string of the molecule is Cc1cc(=O)n(-c2cc(F)c(N3CCSCC3)c(F)c2)c(C)n1. The molecule has 0 radical (unpaired) electrons. The third-order valence-electron chi connectivity index (χ3n) is 3.80. The standard InChI is InChI=1S/C16H17F2N3OS/c1-10-7-15(22)21(11(2)19-10)12-8-13(17)16(14(18)9-12)20-3-5-23-6-4-20/h7-9H,3-6H2,1-2H3. The van der Waals surface area contributed by atoms with Crippen LogP contribution in [0.5, 0.6) is 0 Å². The first-order valence-corrected chi connectivity index (χ1v) is 8.52. The summed E-state index contributed by atoms with van der Waals surface area (Å²) < 4.78 is 30.2. The Hall–Kier alpha value is -1.89. The van der Waals surface area contributed by atoms with E-state index in [4.69, 9.17) is 0 Å². The molecule has 7 heteroatoms. The van der Waals surface area contributed by atoms with Crippen LogP contribution in [0, 0.1) is 25.5 Å². The number of halogens is 2. The molecule has 0 atom stereocenters. The Kier molecular flexibility index (Phi) is 4.39. The Labute approximate surface area is 137 Å². The van der Waals surface area contributed by atoms with Crippen molar-refractivity contribution in [1.82, 2.24) is 9.55 Å². The molecule has 1 aliphatic heterocycles. The van der Waals surface area contributed by atoms with Gasteiger partial charge in [0, 0.05) is 48.5 Å². The first-order valence-electron chi connectivity index (χ1n) is 7.37. The van der Waals surface area contributed by atoms with Gasteiger partial charge in [0.25, 0.3) is 5.56 Å². The molecule has 0 amide bonds. The predicted octanol–water partition coefficient (Wildman–Crippen LogP) is 2.68. The lowest BCUT2D eigenvalue weighted by molar-refractivity contribution is 0.571. The van der Waals surface area contributed by atoms with E-state index in [2.05, 4.69) is 4.98 Å². The van der Waals surface area contributed by atoms with Crippen molar-refractivity contribution in [3.63, 3.8) is 0 Å². The molecule has 2 heterocycles. The highest BCUT2D eigenvalue weighted by molar-refractivity contribution is 7.99. The summed E-state index contributed by atoms with van der Waals surface area (Å²) in [4.78, 5) is 18.0. The highest BCUT2D eigenvalue weighted by atomic mass is 32.2. The van der Waals surface area contributed by atoms with Crippen LogP contribution in [0.2, 0.25) is 0 Å². The van der Waals surface area contributed by atoms with Gasteiger partial charge in [-0.3, -0.25) is 9.36 Å². The lowest BCUT2D eigenvalue weighted by atomic mass is 10.2. The Bertz CT molecular complexity index is 777. The van der Waals surface area contributed by atoms with Crippen LogP contribution >= 0.6 is 11.8 Å². The van der Waals surface area contributed by atoms with Crippen molar-refractivity contribution >= 4 is 17.4 Å². The minimum Gasteiger partial charge on any atom is -0.365 e. The molecule has 1 fully saturated rings. The van der Waals surface area contributed by atoms with E-state index in [9.17, 15) is 13.6 Å². The third-order valence-corrected chi connectivity index (χ3v) is 4.74. The van der Waals surface area contributed by atoms with Crippen LogP contribution in [0.15, 0.2) is 23.0 Å². The van der Waals surface area contributed by atoms with E-state index in [0.717, 1.165) is 11.5 Å². The van der Waals surface area contributed by atoms with Gasteiger partial charge in [-0.15, -0.1) is 0 Å². The number of anilines is 1. The maximum atomic E-state index is 14.5. The third kappa shape index (κ3) is 3.10. The molecule has 1 aromatic heterocycles. The molecule has 3 rings (SSSR count). The van der Waals surface area contributed by atoms with E-state index in [1.54, 1.807) is 30.5 Å². The average molecular weight is 337 g/mol. The number of hydrogen-bond donors (Lipinski definition) is 0. The van der Waals surface area contributed by atoms with Crippen molar-refractivity contribution in [1.29, 1.82) is 0 Å². The molecule has 0 aliphatic carbocycles. The fraction of sp³-hybridized carbons (Fsp3) is 0.375. The normalized spacial score (nSPS) is 15.0. The van der Waals surface area contributed by atoms with Crippen LogP contribution in [0.3, 0.4) is 0 Å². The molecule has 23 heavy (non-hydrogen) atoms. The number of aromatic nitrogens is 2. The zero-order valence-corrected chi connectivity index (χ0v) is 13.8. The number of hydrogen-bond acceptors (Lipinski definition) is 4. The van der Waals surface area contributed by atoms with Gasteiger partial charge in [-0.2, -0.15) is 11.8 Å². The monoisotopic (exact) mass is 337 g/mol. The van der Waals surface area contributed by atoms with E-state index in [1.165, 1.54) is 22.8 Å². The molecule has 0 unspecified atom stereocenters. The van der Waals surface area contributed by atoms with E-state index in [1.807, 2.05) is 0 Å². The maximum absolute atomic E-state index is 14.5. The molecule has 0 spiro atoms. The smallest absolute Gasteiger partial charge is 0.258 e. The zero-order chi connectivity index (χ0) is 16.6. The summed E-state index contributed by atoms with van der Waals surface area (Å²) >= 11 is 1.77. The first-order chi connectivity index (χ1) is 11.0. The Morgan fingerprint density at radius 3 is 2.26 bits per heavy atom. The number of thioether (sulfide) groups is 1. The minimum atomic E-state index is -0.654. The van der Waals surface area contributed by atoms with Gasteiger partial charge in [-0.1, -0.05) is 0 Å². The molecule has 122 valence electrons. The van der Waals surface area contributed by atoms with Crippen LogP contribution in [-0.4, -0.2) is 34.1 Å². The molecule has 0 saturated carbocycles. The summed E-state index contributed by atoms with van der Waals surface area (Å²) in [5.74, 6) is 0.788. The van der Waals surface area contributed by atoms with Crippen LogP contribution in [0.4, 0.5) is 14.5 Å². The fourth-order valence-electron chi connectivity index (χ4n) is 2.82. The largest absolute Gasteiger partial charge is 0.365 e. The summed E-state index contributed by atoms with van der Waals surface area (Å²) in [6.45, 7) is 4.57. The Balaban J connectivity index is 2.08. The second kappa shape index (κ2) is 6.31. The van der Waals surface area contributed by atoms with Gasteiger partial charge >= 0.3 is 0 Å². The molecule has 2 aromatic rings. The van der Waals surface area contributed by atoms with Crippen molar-refractivity contribution in [3.8, 4) is 5.69 Å². The number of benzene rings is 1. The van der Waals surface area contributed by atoms with Crippen molar-refractivity contribution in [2.24, 2.45) is 0 Å². The molecule has 1 aromatic carbocycles. The van der Waals surface area contributed by atoms with Crippen molar-refractivity contribution in [2.75, 3.05) is 29.5 Å². The molecule has 1 saturated heterocycles. The predicted molar refractivity (Wildman–Crippen MR) is 88.8 cm³/mol. The molecular weight excluding hydrogens is 320 g/mol. The fourth-order valence-corrected chi connectivity index (χ4v) is 3.73. The summed E-state index contributed by atoms with van der Waals surface area (Å²) in [6.07, 6.45) is 0. The van der Waals surface area contributed by atoms with E-state index < -0.39 is 11.6 Å². The second-order valence-electron chi connectivity index (χ2n) is 5.48. The van der Waals surface area contributed by atoms with Crippen molar-refractivity contribution in [2.45, 2.75) is 13.8 Å². The van der Waals surface area contributed by atoms with E-state index in [-0.39, 0.29) is 16.9 Å². The van der Waals surface area contributed by atoms with Gasteiger partial charge < -0.3 is 4.90 Å². The lowest BCUT2D eigenvalue weighted by Gasteiger charge is -2.29. The molecule has 0 N–H and O–H groups in total. The average Bonchev–Trinajstić information content (AvgIpc) is 2.46. The number of nitrogens with zero attached hydrogens (tertiary/aromatic N) is 3. The van der Waals surface area contributed by atoms with Gasteiger partial charge in [-0.05, 0) is 13.8 Å². The minimum absolute atomic E-state index is 0.0141. The Morgan fingerprint density at radius 1 is 1.09 bits per heavy atom. The summed E-state index contributed by atoms with van der Waals surface area (Å²) in [5, 5.41) is 0. The highest BCUT2D eigenvalue weighted by Gasteiger charge is 2.21. The van der Waals surface area contributed by atoms with Crippen molar-refractivity contribution < 1.29 is 8.78 Å². The molecular formula is C16H17F2N3OS. The summed E-state index contributed by atoms with van der Waals surface area (Å²) in [6, 6.07) is 3.75. The quantitative estimate of drug-likeness (QED) is 0.844. The van der Waals surface area contributed by atoms with Gasteiger partial charge in [0.2, 0.25) is 0 Å². The summed E-state index contributed by atoms with van der Waals surface area (Å²) in [5.41, 5.74) is 0.369. The van der Waals surface area contributed by atoms with Crippen LogP contribution < -0.4 is 10.5 Å². The molecule has 1 aliphatic rings. The number of rotatable bonds is 2. The van der Waals surface area contributed by atoms with Crippen molar-refractivity contribution in [3.05, 3.63) is 51.7 Å². The Morgan fingerprint density at radius 2 is 1.70 bits per heavy atom. The lowest BCUT2D eigenvalue weighted by Crippen LogP contribution is -2.34. The maximum Gasteiger partial charge on any atom is 0.258 e. The van der Waals surface area contributed by atoms with E-state index in [0.29, 0.717) is 24.6 Å². The van der Waals surface area contributed by atoms with Gasteiger partial charge in [-0.25, -0.2) is 13.8 Å². The van der Waals surface area contributed by atoms with Gasteiger partial charge in [0.1, 0.15) is 11.5 Å². The zero-order valence-electron chi connectivity index (χ0n) is 13.0. The topological polar surface area (TPSA) is 38.1 Å². The second-order valence-corrected chi connectivity index (χ2v) is 6.70. The first kappa shape index (κ1) is 16.0. The molecule has 4 nitrogen and oxygen atoms in total. The number of aryl methyl sites for hydroxylation is 2. The van der Waals surface area contributed by atoms with Crippen LogP contribution in [0.25, 0.3) is 5.69 Å². The van der Waals surface area contributed by atoms with Crippen LogP contribution in [0.1, 0.15) is 11.5 Å². The van der Waals surface area contributed by atoms with Crippen LogP contribution in [-0.2, 0) is 0 Å².